The molecule has 0 N–H and O–H groups in total. The number of amides is 1. The number of benzene rings is 1. The van der Waals surface area contributed by atoms with Crippen LogP contribution in [-0.4, -0.2) is 46.4 Å². The molecule has 0 aliphatic heterocycles. The Morgan fingerprint density at radius 1 is 1.26 bits per heavy atom. The second-order valence-electron chi connectivity index (χ2n) is 5.82. The van der Waals surface area contributed by atoms with E-state index in [1.54, 1.807) is 54.2 Å². The van der Waals surface area contributed by atoms with Gasteiger partial charge >= 0.3 is 5.97 Å². The number of fused-ring (bicyclic) bond motifs is 1. The molecule has 3 rings (SSSR count). The topological polar surface area (TPSA) is 94.4 Å². The molecule has 8 heteroatoms. The molecule has 1 aromatic carbocycles. The summed E-state index contributed by atoms with van der Waals surface area (Å²) in [5.74, 6) is -0.0275. The van der Waals surface area contributed by atoms with Crippen molar-refractivity contribution in [2.45, 2.75) is 6.42 Å². The van der Waals surface area contributed by atoms with Crippen molar-refractivity contribution >= 4 is 35.0 Å². The summed E-state index contributed by atoms with van der Waals surface area (Å²) in [4.78, 5) is 45.5. The molecule has 0 fully saturated rings. The van der Waals surface area contributed by atoms with E-state index in [1.165, 1.54) is 12.0 Å². The van der Waals surface area contributed by atoms with Gasteiger partial charge in [-0.1, -0.05) is 6.07 Å². The lowest BCUT2D eigenvalue weighted by Gasteiger charge is -2.21. The minimum Gasteiger partial charge on any atom is -0.469 e. The molecule has 0 radical (unpaired) electrons. The highest BCUT2D eigenvalue weighted by atomic mass is 16.5. The van der Waals surface area contributed by atoms with Crippen LogP contribution in [0.4, 0.5) is 5.82 Å². The summed E-state index contributed by atoms with van der Waals surface area (Å²) in [6, 6.07) is 10.2. The number of ether oxygens (including phenoxy) is 1. The zero-order valence-corrected chi connectivity index (χ0v) is 15.0. The van der Waals surface area contributed by atoms with Gasteiger partial charge in [0, 0.05) is 25.4 Å². The molecule has 0 saturated heterocycles. The van der Waals surface area contributed by atoms with Crippen molar-refractivity contribution in [1.29, 1.82) is 0 Å². The Morgan fingerprint density at radius 2 is 2.07 bits per heavy atom. The van der Waals surface area contributed by atoms with Gasteiger partial charge in [0.1, 0.15) is 5.82 Å². The second kappa shape index (κ2) is 7.77. The molecule has 0 aliphatic carbocycles. The van der Waals surface area contributed by atoms with Gasteiger partial charge in [0.25, 0.3) is 5.91 Å². The third kappa shape index (κ3) is 3.69. The fraction of sp³-hybridized carbons (Fsp3) is 0.211. The Bertz CT molecular complexity index is 998. The number of aromatic nitrogens is 3. The van der Waals surface area contributed by atoms with E-state index in [0.717, 1.165) is 5.52 Å². The fourth-order valence-corrected chi connectivity index (χ4v) is 2.75. The standard InChI is InChI=1S/C19H18N4O4/c1-22-15-7-6-13(11-14(15)21-17(22)12-24)19(26)23(10-8-18(25)27-2)16-5-3-4-9-20-16/h3-7,9,11-12H,8,10H2,1-2H3. The monoisotopic (exact) mass is 366 g/mol. The number of esters is 1. The summed E-state index contributed by atoms with van der Waals surface area (Å²) in [5.41, 5.74) is 1.67. The summed E-state index contributed by atoms with van der Waals surface area (Å²) >= 11 is 0. The maximum atomic E-state index is 13.1. The van der Waals surface area contributed by atoms with Crippen LogP contribution in [0.25, 0.3) is 11.0 Å². The number of aldehydes is 1. The third-order valence-corrected chi connectivity index (χ3v) is 4.21. The van der Waals surface area contributed by atoms with Crippen molar-refractivity contribution in [1.82, 2.24) is 14.5 Å². The largest absolute Gasteiger partial charge is 0.469 e. The minimum atomic E-state index is -0.417. The number of methoxy groups -OCH3 is 1. The molecule has 2 heterocycles. The lowest BCUT2D eigenvalue weighted by molar-refractivity contribution is -0.140. The van der Waals surface area contributed by atoms with E-state index in [0.29, 0.717) is 23.2 Å². The van der Waals surface area contributed by atoms with Gasteiger partial charge in [0.15, 0.2) is 12.1 Å². The molecule has 0 spiro atoms. The van der Waals surface area contributed by atoms with Crippen molar-refractivity contribution < 1.29 is 19.1 Å². The number of hydrogen-bond acceptors (Lipinski definition) is 6. The van der Waals surface area contributed by atoms with Crippen LogP contribution in [0.3, 0.4) is 0 Å². The van der Waals surface area contributed by atoms with E-state index >= 15 is 0 Å². The summed E-state index contributed by atoms with van der Waals surface area (Å²) in [6.45, 7) is 0.127. The van der Waals surface area contributed by atoms with Gasteiger partial charge in [0.2, 0.25) is 0 Å². The Labute approximate surface area is 155 Å². The maximum absolute atomic E-state index is 13.1. The number of nitrogens with zero attached hydrogens (tertiary/aromatic N) is 4. The van der Waals surface area contributed by atoms with Gasteiger partial charge in [0.05, 0.1) is 24.6 Å². The molecule has 138 valence electrons. The first-order chi connectivity index (χ1) is 13.0. The van der Waals surface area contributed by atoms with Crippen LogP contribution in [0, 0.1) is 0 Å². The van der Waals surface area contributed by atoms with Crippen LogP contribution in [0.2, 0.25) is 0 Å². The number of anilines is 1. The Balaban J connectivity index is 1.96. The molecule has 3 aromatic rings. The summed E-state index contributed by atoms with van der Waals surface area (Å²) in [5, 5.41) is 0. The molecular weight excluding hydrogens is 348 g/mol. The van der Waals surface area contributed by atoms with Gasteiger partial charge in [-0.05, 0) is 30.3 Å². The van der Waals surface area contributed by atoms with Crippen LogP contribution in [0.1, 0.15) is 27.4 Å². The quantitative estimate of drug-likeness (QED) is 0.489. The predicted molar refractivity (Wildman–Crippen MR) is 98.6 cm³/mol. The molecule has 8 nitrogen and oxygen atoms in total. The van der Waals surface area contributed by atoms with Crippen LogP contribution < -0.4 is 4.90 Å². The highest BCUT2D eigenvalue weighted by Crippen LogP contribution is 2.20. The first kappa shape index (κ1) is 18.2. The smallest absolute Gasteiger partial charge is 0.307 e. The number of hydrogen-bond donors (Lipinski definition) is 0. The fourth-order valence-electron chi connectivity index (χ4n) is 2.75. The van der Waals surface area contributed by atoms with Crippen molar-refractivity contribution in [3.05, 3.63) is 54.0 Å². The van der Waals surface area contributed by atoms with Gasteiger partial charge in [-0.25, -0.2) is 9.97 Å². The minimum absolute atomic E-state index is 0.0416. The average Bonchev–Trinajstić information content (AvgIpc) is 3.03. The summed E-state index contributed by atoms with van der Waals surface area (Å²) in [6.07, 6.45) is 2.28. The van der Waals surface area contributed by atoms with E-state index in [4.69, 9.17) is 0 Å². The summed E-state index contributed by atoms with van der Waals surface area (Å²) in [7, 11) is 3.03. The molecule has 0 bridgehead atoms. The van der Waals surface area contributed by atoms with Crippen molar-refractivity contribution in [2.24, 2.45) is 7.05 Å². The van der Waals surface area contributed by atoms with E-state index < -0.39 is 5.97 Å². The molecule has 0 atom stereocenters. The summed E-state index contributed by atoms with van der Waals surface area (Å²) < 4.78 is 6.32. The first-order valence-corrected chi connectivity index (χ1v) is 8.26. The number of rotatable bonds is 6. The van der Waals surface area contributed by atoms with Crippen LogP contribution >= 0.6 is 0 Å². The number of pyridine rings is 1. The lowest BCUT2D eigenvalue weighted by atomic mass is 10.1. The van der Waals surface area contributed by atoms with E-state index in [-0.39, 0.29) is 24.7 Å². The van der Waals surface area contributed by atoms with E-state index in [9.17, 15) is 14.4 Å². The lowest BCUT2D eigenvalue weighted by Crippen LogP contribution is -2.33. The zero-order valence-electron chi connectivity index (χ0n) is 15.0. The van der Waals surface area contributed by atoms with Gasteiger partial charge in [-0.15, -0.1) is 0 Å². The number of carbonyl (C=O) groups excluding carboxylic acids is 3. The average molecular weight is 366 g/mol. The van der Waals surface area contributed by atoms with Crippen molar-refractivity contribution in [3.8, 4) is 0 Å². The highest BCUT2D eigenvalue weighted by molar-refractivity contribution is 6.07. The SMILES string of the molecule is COC(=O)CCN(C(=O)c1ccc2c(c1)nc(C=O)n2C)c1ccccn1. The molecule has 0 saturated carbocycles. The highest BCUT2D eigenvalue weighted by Gasteiger charge is 2.21. The molecule has 1 amide bonds. The maximum Gasteiger partial charge on any atom is 0.307 e. The van der Waals surface area contributed by atoms with Gasteiger partial charge in [-0.2, -0.15) is 0 Å². The third-order valence-electron chi connectivity index (χ3n) is 4.21. The van der Waals surface area contributed by atoms with Gasteiger partial charge in [-0.3, -0.25) is 19.3 Å². The van der Waals surface area contributed by atoms with Crippen molar-refractivity contribution in [2.75, 3.05) is 18.6 Å². The molecular formula is C19H18N4O4. The Hall–Kier alpha value is -3.55. The van der Waals surface area contributed by atoms with Crippen molar-refractivity contribution in [3.63, 3.8) is 0 Å². The van der Waals surface area contributed by atoms with E-state index in [2.05, 4.69) is 14.7 Å². The number of aryl methyl sites for hydroxylation is 1. The second-order valence-corrected chi connectivity index (χ2v) is 5.82. The van der Waals surface area contributed by atoms with Crippen LogP contribution in [0.5, 0.6) is 0 Å². The molecule has 0 aliphatic rings. The number of carbonyl (C=O) groups is 3. The first-order valence-electron chi connectivity index (χ1n) is 8.26. The molecule has 2 aromatic heterocycles. The van der Waals surface area contributed by atoms with E-state index in [1.807, 2.05) is 0 Å². The Kier molecular flexibility index (Phi) is 5.25. The number of imidazole rings is 1. The van der Waals surface area contributed by atoms with Gasteiger partial charge < -0.3 is 9.30 Å². The molecule has 27 heavy (non-hydrogen) atoms. The normalized spacial score (nSPS) is 10.6. The van der Waals surface area contributed by atoms with Crippen LogP contribution in [0.15, 0.2) is 42.6 Å². The molecule has 0 unspecified atom stereocenters. The Morgan fingerprint density at radius 3 is 2.74 bits per heavy atom. The zero-order chi connectivity index (χ0) is 19.4. The van der Waals surface area contributed by atoms with Crippen LogP contribution in [-0.2, 0) is 16.6 Å². The predicted octanol–water partition coefficient (Wildman–Crippen LogP) is 1.99.